The second-order valence-electron chi connectivity index (χ2n) is 0.808. The second kappa shape index (κ2) is 1.12. The van der Waals surface area contributed by atoms with Gasteiger partial charge in [0.2, 0.25) is 0 Å². The first kappa shape index (κ1) is 5.21. The predicted molar refractivity (Wildman–Crippen MR) is 18.2 cm³/mol. The summed E-state index contributed by atoms with van der Waals surface area (Å²) >= 11 is 3.49. The Balaban J connectivity index is 3.02. The molecule has 3 heteroatoms. The molecule has 0 aliphatic carbocycles. The Morgan fingerprint density at radius 1 is 1.60 bits per heavy atom. The van der Waals surface area contributed by atoms with E-state index in [-0.39, 0.29) is 0 Å². The average Bonchev–Trinajstić information content (AvgIpc) is 0.722. The van der Waals surface area contributed by atoms with Crippen LogP contribution in [0.3, 0.4) is 0 Å². The number of halogens is 2. The zero-order chi connectivity index (χ0) is 4.50. The molecule has 0 spiro atoms. The van der Waals surface area contributed by atoms with Crippen LogP contribution in [0.1, 0.15) is 6.92 Å². The van der Waals surface area contributed by atoms with Gasteiger partial charge in [-0.05, 0) is 12.6 Å². The lowest BCUT2D eigenvalue weighted by molar-refractivity contribution is 0.132. The molecule has 1 radical (unpaired) electrons. The lowest BCUT2D eigenvalue weighted by Gasteiger charge is -1.91. The van der Waals surface area contributed by atoms with Crippen molar-refractivity contribution in [1.29, 1.82) is 0 Å². The fraction of sp³-hybridized carbons (Fsp3) is 1.00. The van der Waals surface area contributed by atoms with Gasteiger partial charge in [0.05, 0.1) is 0 Å². The van der Waals surface area contributed by atoms with E-state index in [0.717, 1.165) is 0 Å². The van der Waals surface area contributed by atoms with Crippen molar-refractivity contribution in [3.63, 3.8) is 0 Å². The van der Waals surface area contributed by atoms with Crippen molar-refractivity contribution in [2.75, 3.05) is 0 Å². The smallest absolute Gasteiger partial charge is 0.194 e. The van der Waals surface area contributed by atoms with E-state index in [1.165, 1.54) is 0 Å². The van der Waals surface area contributed by atoms with E-state index in [2.05, 4.69) is 12.6 Å². The molecule has 0 unspecified atom stereocenters. The van der Waals surface area contributed by atoms with E-state index in [9.17, 15) is 8.78 Å². The van der Waals surface area contributed by atoms with Crippen molar-refractivity contribution < 1.29 is 8.78 Å². The van der Waals surface area contributed by atoms with Gasteiger partial charge in [0.25, 0.3) is 0 Å². The third-order valence-corrected chi connectivity index (χ3v) is 0. The maximum atomic E-state index is 10.8. The topological polar surface area (TPSA) is 0 Å². The van der Waals surface area contributed by atoms with Gasteiger partial charge in [-0.3, -0.25) is 0 Å². The van der Waals surface area contributed by atoms with E-state index in [1.807, 2.05) is 0 Å². The molecule has 0 aliphatic heterocycles. The summed E-state index contributed by atoms with van der Waals surface area (Å²) in [5, 5.41) is -2.92. The first-order valence-electron chi connectivity index (χ1n) is 1.08. The Bertz CT molecular complexity index is 23.1. The number of hydrogen-bond acceptors (Lipinski definition) is 0. The standard InChI is InChI=1S/C2H3F2S/c1-2(3,4)5/h1H3. The van der Waals surface area contributed by atoms with Gasteiger partial charge in [0.15, 0.2) is 0 Å². The summed E-state index contributed by atoms with van der Waals surface area (Å²) in [6.07, 6.45) is 0. The summed E-state index contributed by atoms with van der Waals surface area (Å²) in [4.78, 5) is 0. The highest BCUT2D eigenvalue weighted by atomic mass is 32.1. The van der Waals surface area contributed by atoms with Gasteiger partial charge in [-0.25, -0.2) is 0 Å². The quantitative estimate of drug-likeness (QED) is 0.432. The lowest BCUT2D eigenvalue weighted by atomic mass is 10.9. The molecular weight excluding hydrogens is 94.1 g/mol. The van der Waals surface area contributed by atoms with Crippen LogP contribution in [0, 0.1) is 0 Å². The Hall–Kier alpha value is 0.210. The predicted octanol–water partition coefficient (Wildman–Crippen LogP) is 1.80. The summed E-state index contributed by atoms with van der Waals surface area (Å²) < 4.78 is 21.7. The average molecular weight is 97.1 g/mol. The van der Waals surface area contributed by atoms with Crippen LogP contribution < -0.4 is 0 Å². The van der Waals surface area contributed by atoms with E-state index in [0.29, 0.717) is 6.92 Å². The Morgan fingerprint density at radius 3 is 1.60 bits per heavy atom. The van der Waals surface area contributed by atoms with Crippen molar-refractivity contribution >= 4 is 12.6 Å². The summed E-state index contributed by atoms with van der Waals surface area (Å²) in [5.41, 5.74) is 0. The Morgan fingerprint density at radius 2 is 1.60 bits per heavy atom. The van der Waals surface area contributed by atoms with Crippen LogP contribution in [0.25, 0.3) is 0 Å². The third-order valence-electron chi connectivity index (χ3n) is 0. The molecule has 0 aromatic heterocycles. The maximum Gasteiger partial charge on any atom is 0.300 e. The van der Waals surface area contributed by atoms with Crippen molar-refractivity contribution in [2.24, 2.45) is 0 Å². The first-order chi connectivity index (χ1) is 2.00. The highest BCUT2D eigenvalue weighted by Gasteiger charge is 2.11. The number of alkyl halides is 2. The van der Waals surface area contributed by atoms with E-state index in [1.54, 1.807) is 0 Å². The molecule has 0 atom stereocenters. The van der Waals surface area contributed by atoms with E-state index >= 15 is 0 Å². The lowest BCUT2D eigenvalue weighted by Crippen LogP contribution is -1.93. The minimum Gasteiger partial charge on any atom is -0.194 e. The second-order valence-corrected chi connectivity index (χ2v) is 1.52. The molecule has 0 bridgehead atoms. The largest absolute Gasteiger partial charge is 0.300 e. The van der Waals surface area contributed by atoms with Gasteiger partial charge in [-0.1, -0.05) is 0 Å². The number of rotatable bonds is 0. The van der Waals surface area contributed by atoms with Gasteiger partial charge in [0.1, 0.15) is 0 Å². The van der Waals surface area contributed by atoms with Crippen molar-refractivity contribution in [3.05, 3.63) is 0 Å². The molecule has 0 fully saturated rings. The van der Waals surface area contributed by atoms with Gasteiger partial charge in [-0.2, -0.15) is 8.78 Å². The molecule has 31 valence electrons. The van der Waals surface area contributed by atoms with Crippen LogP contribution in [-0.4, -0.2) is 5.25 Å². The molecule has 0 N–H and O–H groups in total. The molecule has 0 nitrogen and oxygen atoms in total. The third kappa shape index (κ3) is 466. The van der Waals surface area contributed by atoms with Crippen LogP contribution in [0.4, 0.5) is 8.78 Å². The normalized spacial score (nSPS) is 12.0. The molecular formula is C2H3F2S. The fourth-order valence-corrected chi connectivity index (χ4v) is 0. The molecule has 0 saturated heterocycles. The van der Waals surface area contributed by atoms with Crippen molar-refractivity contribution in [2.45, 2.75) is 12.2 Å². The SMILES string of the molecule is CC(F)(F)[S]. The summed E-state index contributed by atoms with van der Waals surface area (Å²) in [5.74, 6) is 0. The van der Waals surface area contributed by atoms with Crippen molar-refractivity contribution in [1.82, 2.24) is 0 Å². The van der Waals surface area contributed by atoms with Crippen LogP contribution in [-0.2, 0) is 0 Å². The number of hydrogen-bond donors (Lipinski definition) is 0. The van der Waals surface area contributed by atoms with E-state index in [4.69, 9.17) is 0 Å². The zero-order valence-corrected chi connectivity index (χ0v) is 3.48. The zero-order valence-electron chi connectivity index (χ0n) is 2.66. The van der Waals surface area contributed by atoms with Gasteiger partial charge in [-0.15, -0.1) is 0 Å². The molecule has 0 aromatic carbocycles. The maximum absolute atomic E-state index is 10.8. The monoisotopic (exact) mass is 97.0 g/mol. The summed E-state index contributed by atoms with van der Waals surface area (Å²) in [6, 6.07) is 0. The Labute approximate surface area is 34.6 Å². The molecule has 0 rings (SSSR count). The van der Waals surface area contributed by atoms with Crippen LogP contribution in [0.2, 0.25) is 0 Å². The summed E-state index contributed by atoms with van der Waals surface area (Å²) in [6.45, 7) is 0.669. The molecule has 5 heavy (non-hydrogen) atoms. The molecule has 0 saturated carbocycles. The van der Waals surface area contributed by atoms with Gasteiger partial charge >= 0.3 is 5.25 Å². The first-order valence-corrected chi connectivity index (χ1v) is 1.49. The Kier molecular flexibility index (Phi) is 1.17. The minimum absolute atomic E-state index is 0.669. The highest BCUT2D eigenvalue weighted by molar-refractivity contribution is 7.81. The van der Waals surface area contributed by atoms with Crippen LogP contribution >= 0.6 is 12.6 Å². The minimum atomic E-state index is -2.92. The highest BCUT2D eigenvalue weighted by Crippen LogP contribution is 2.14. The fourth-order valence-electron chi connectivity index (χ4n) is 0. The van der Waals surface area contributed by atoms with E-state index < -0.39 is 5.25 Å². The molecule has 0 aromatic rings. The molecule has 0 heterocycles. The molecule has 0 amide bonds. The van der Waals surface area contributed by atoms with Crippen LogP contribution in [0.15, 0.2) is 0 Å². The van der Waals surface area contributed by atoms with Gasteiger partial charge < -0.3 is 0 Å². The van der Waals surface area contributed by atoms with Crippen molar-refractivity contribution in [3.8, 4) is 0 Å². The molecule has 0 aliphatic rings. The van der Waals surface area contributed by atoms with Crippen LogP contribution in [0.5, 0.6) is 0 Å². The summed E-state index contributed by atoms with van der Waals surface area (Å²) in [7, 11) is 0. The van der Waals surface area contributed by atoms with Gasteiger partial charge in [0, 0.05) is 6.92 Å².